The van der Waals surface area contributed by atoms with Crippen molar-refractivity contribution >= 4 is 58.2 Å². The highest BCUT2D eigenvalue weighted by atomic mass is 35.5. The summed E-state index contributed by atoms with van der Waals surface area (Å²) in [5, 5.41) is 3.42. The Morgan fingerprint density at radius 3 is 1.74 bits per heavy atom. The molecule has 4 aromatic rings. The van der Waals surface area contributed by atoms with E-state index in [-0.39, 0.29) is 6.42 Å². The standard InChI is InChI=1S/C34H25Cl3N2O3/c1-19-25(35)16-9-17-26(19)38-30(40)27(18-20-10-3-2-4-11-20)39-31(41)28-29(32(39)42)34(37)22-13-6-5-12-21(22)33(28,36)23-14-7-8-15-24(23)34/h2-17,27-29H,18H2,1H3,(H,38,40)/t27-,28-,29-,33?,34?/m0/s1. The van der Waals surface area contributed by atoms with E-state index in [4.69, 9.17) is 34.8 Å². The van der Waals surface area contributed by atoms with Crippen LogP contribution in [0.3, 0.4) is 0 Å². The Morgan fingerprint density at radius 2 is 1.24 bits per heavy atom. The maximum absolute atomic E-state index is 14.6. The van der Waals surface area contributed by atoms with Gasteiger partial charge in [0.25, 0.3) is 0 Å². The van der Waals surface area contributed by atoms with Gasteiger partial charge in [0.05, 0.1) is 11.8 Å². The van der Waals surface area contributed by atoms with E-state index in [1.807, 2.05) is 78.9 Å². The highest BCUT2D eigenvalue weighted by molar-refractivity contribution is 6.36. The lowest BCUT2D eigenvalue weighted by Gasteiger charge is -2.54. The van der Waals surface area contributed by atoms with Crippen LogP contribution in [0.1, 0.15) is 33.4 Å². The summed E-state index contributed by atoms with van der Waals surface area (Å²) in [6.45, 7) is 1.80. The van der Waals surface area contributed by atoms with Gasteiger partial charge in [-0.2, -0.15) is 0 Å². The number of hydrogen-bond donors (Lipinski definition) is 1. The number of rotatable bonds is 5. The fraction of sp³-hybridized carbons (Fsp3) is 0.206. The Labute approximate surface area is 258 Å². The van der Waals surface area contributed by atoms with Crippen molar-refractivity contribution in [2.75, 3.05) is 5.32 Å². The predicted octanol–water partition coefficient (Wildman–Crippen LogP) is 6.79. The highest BCUT2D eigenvalue weighted by Crippen LogP contribution is 2.69. The summed E-state index contributed by atoms with van der Waals surface area (Å²) in [6.07, 6.45) is 0.119. The summed E-state index contributed by atoms with van der Waals surface area (Å²) in [5.74, 6) is -3.50. The highest BCUT2D eigenvalue weighted by Gasteiger charge is 2.73. The number of amides is 3. The van der Waals surface area contributed by atoms with Gasteiger partial charge in [-0.25, -0.2) is 0 Å². The van der Waals surface area contributed by atoms with Crippen LogP contribution in [0.15, 0.2) is 97.1 Å². The van der Waals surface area contributed by atoms with Gasteiger partial charge in [0.15, 0.2) is 0 Å². The van der Waals surface area contributed by atoms with Gasteiger partial charge in [0.1, 0.15) is 15.8 Å². The molecule has 5 nitrogen and oxygen atoms in total. The van der Waals surface area contributed by atoms with Crippen LogP contribution >= 0.6 is 34.8 Å². The van der Waals surface area contributed by atoms with Crippen molar-refractivity contribution in [3.05, 3.63) is 135 Å². The van der Waals surface area contributed by atoms with Gasteiger partial charge < -0.3 is 5.32 Å². The summed E-state index contributed by atoms with van der Waals surface area (Å²) in [6, 6.07) is 28.3. The first-order valence-corrected chi connectivity index (χ1v) is 14.9. The molecule has 0 aromatic heterocycles. The number of halogens is 3. The van der Waals surface area contributed by atoms with Crippen LogP contribution in [-0.4, -0.2) is 28.7 Å². The van der Waals surface area contributed by atoms with E-state index in [9.17, 15) is 14.4 Å². The van der Waals surface area contributed by atoms with Crippen LogP contribution < -0.4 is 5.32 Å². The number of imide groups is 1. The van der Waals surface area contributed by atoms with Crippen LogP contribution in [0.2, 0.25) is 5.02 Å². The van der Waals surface area contributed by atoms with Crippen molar-refractivity contribution in [1.82, 2.24) is 4.90 Å². The molecule has 0 saturated carbocycles. The second-order valence-electron chi connectivity index (χ2n) is 11.1. The van der Waals surface area contributed by atoms with Crippen LogP contribution in [-0.2, 0) is 30.6 Å². The molecule has 2 bridgehead atoms. The molecular weight excluding hydrogens is 591 g/mol. The normalized spacial score (nSPS) is 26.0. The number of carbonyl (C=O) groups is 3. The number of alkyl halides is 2. The second-order valence-corrected chi connectivity index (χ2v) is 12.7. The van der Waals surface area contributed by atoms with E-state index >= 15 is 0 Å². The molecule has 4 aliphatic rings. The maximum atomic E-state index is 14.6. The molecule has 4 aromatic carbocycles. The van der Waals surface area contributed by atoms with Gasteiger partial charge in [0.2, 0.25) is 17.7 Å². The molecule has 42 heavy (non-hydrogen) atoms. The zero-order valence-corrected chi connectivity index (χ0v) is 24.8. The second kappa shape index (κ2) is 9.70. The Kier molecular flexibility index (Phi) is 6.28. The molecule has 3 atom stereocenters. The van der Waals surface area contributed by atoms with Gasteiger partial charge in [-0.05, 0) is 52.4 Å². The molecule has 1 heterocycles. The maximum Gasteiger partial charge on any atom is 0.248 e. The molecule has 210 valence electrons. The summed E-state index contributed by atoms with van der Waals surface area (Å²) >= 11 is 21.5. The lowest BCUT2D eigenvalue weighted by molar-refractivity contribution is -0.146. The largest absolute Gasteiger partial charge is 0.324 e. The number of benzene rings is 4. The van der Waals surface area contributed by atoms with Crippen LogP contribution in [0.25, 0.3) is 0 Å². The SMILES string of the molecule is Cc1c(Cl)cccc1NC(=O)[C@H](Cc1ccccc1)N1C(=O)[C@@H]2[C@@H](C1=O)C1(Cl)c3ccccc3C2(Cl)c2ccccc21. The Balaban J connectivity index is 1.37. The predicted molar refractivity (Wildman–Crippen MR) is 164 cm³/mol. The van der Waals surface area contributed by atoms with Crippen molar-refractivity contribution < 1.29 is 14.4 Å². The molecule has 1 fully saturated rings. The minimum atomic E-state index is -1.33. The first kappa shape index (κ1) is 27.2. The molecule has 0 radical (unpaired) electrons. The molecule has 0 spiro atoms. The summed E-state index contributed by atoms with van der Waals surface area (Å²) in [5.41, 5.74) is 4.83. The number of anilines is 1. The fourth-order valence-corrected chi connectivity index (χ4v) is 8.37. The molecule has 8 rings (SSSR count). The van der Waals surface area contributed by atoms with E-state index in [1.165, 1.54) is 0 Å². The zero-order chi connectivity index (χ0) is 29.4. The van der Waals surface area contributed by atoms with Crippen LogP contribution in [0, 0.1) is 18.8 Å². The summed E-state index contributed by atoms with van der Waals surface area (Å²) in [4.78, 5) is 41.7. The van der Waals surface area contributed by atoms with Crippen molar-refractivity contribution in [2.24, 2.45) is 11.8 Å². The number of carbonyl (C=O) groups excluding carboxylic acids is 3. The molecule has 1 N–H and O–H groups in total. The van der Waals surface area contributed by atoms with Crippen molar-refractivity contribution in [3.63, 3.8) is 0 Å². The van der Waals surface area contributed by atoms with Crippen LogP contribution in [0.5, 0.6) is 0 Å². The van der Waals surface area contributed by atoms with Crippen LogP contribution in [0.4, 0.5) is 5.69 Å². The van der Waals surface area contributed by atoms with Gasteiger partial charge in [-0.1, -0.05) is 96.5 Å². The van der Waals surface area contributed by atoms with Crippen molar-refractivity contribution in [3.8, 4) is 0 Å². The minimum Gasteiger partial charge on any atom is -0.324 e. The number of nitrogens with one attached hydrogen (secondary N) is 1. The third-order valence-electron chi connectivity index (χ3n) is 9.03. The van der Waals surface area contributed by atoms with E-state index < -0.39 is 45.3 Å². The molecule has 3 amide bonds. The van der Waals surface area contributed by atoms with Crippen molar-refractivity contribution in [2.45, 2.75) is 29.1 Å². The van der Waals surface area contributed by atoms with E-state index in [0.717, 1.165) is 10.5 Å². The lowest BCUT2D eigenvalue weighted by Crippen LogP contribution is -2.57. The quantitative estimate of drug-likeness (QED) is 0.199. The first-order valence-electron chi connectivity index (χ1n) is 13.7. The van der Waals surface area contributed by atoms with Gasteiger partial charge >= 0.3 is 0 Å². The number of likely N-dealkylation sites (tertiary alicyclic amines) is 1. The molecule has 0 unspecified atom stereocenters. The zero-order valence-electron chi connectivity index (χ0n) is 22.5. The van der Waals surface area contributed by atoms with Crippen molar-refractivity contribution in [1.29, 1.82) is 0 Å². The van der Waals surface area contributed by atoms with E-state index in [2.05, 4.69) is 5.32 Å². The smallest absolute Gasteiger partial charge is 0.248 e. The van der Waals surface area contributed by atoms with Gasteiger partial charge in [-0.3, -0.25) is 19.3 Å². The average Bonchev–Trinajstić information content (AvgIpc) is 3.28. The third-order valence-corrected chi connectivity index (χ3v) is 10.7. The molecular formula is C34H25Cl3N2O3. The van der Waals surface area contributed by atoms with Gasteiger partial charge in [-0.15, -0.1) is 23.2 Å². The Hall–Kier alpha value is -3.64. The molecule has 1 aliphatic heterocycles. The monoisotopic (exact) mass is 614 g/mol. The number of nitrogens with zero attached hydrogens (tertiary/aromatic N) is 1. The van der Waals surface area contributed by atoms with Gasteiger partial charge in [0, 0.05) is 17.1 Å². The molecule has 3 aliphatic carbocycles. The molecule has 1 saturated heterocycles. The first-order chi connectivity index (χ1) is 20.2. The summed E-state index contributed by atoms with van der Waals surface area (Å²) in [7, 11) is 0. The van der Waals surface area contributed by atoms with E-state index in [0.29, 0.717) is 38.5 Å². The Morgan fingerprint density at radius 1 is 0.762 bits per heavy atom. The summed E-state index contributed by atoms with van der Waals surface area (Å²) < 4.78 is 0. The topological polar surface area (TPSA) is 66.5 Å². The Bertz CT molecular complexity index is 1670. The lowest BCUT2D eigenvalue weighted by atomic mass is 9.54. The molecule has 8 heteroatoms. The van der Waals surface area contributed by atoms with E-state index in [1.54, 1.807) is 25.1 Å². The number of hydrogen-bond acceptors (Lipinski definition) is 3. The average molecular weight is 616 g/mol. The minimum absolute atomic E-state index is 0.119. The third kappa shape index (κ3) is 3.60. The fourth-order valence-electron chi connectivity index (χ4n) is 7.09.